The lowest BCUT2D eigenvalue weighted by molar-refractivity contribution is -0.384. The predicted molar refractivity (Wildman–Crippen MR) is 98.7 cm³/mol. The molecular weight excluding hydrogens is 336 g/mol. The highest BCUT2D eigenvalue weighted by Gasteiger charge is 2.21. The van der Waals surface area contributed by atoms with E-state index >= 15 is 0 Å². The highest BCUT2D eigenvalue weighted by Crippen LogP contribution is 2.30. The van der Waals surface area contributed by atoms with Crippen molar-refractivity contribution in [3.05, 3.63) is 86.2 Å². The number of pyridine rings is 1. The summed E-state index contributed by atoms with van der Waals surface area (Å²) in [4.78, 5) is 28.7. The number of hydrogen-bond acceptors (Lipinski definition) is 5. The van der Waals surface area contributed by atoms with E-state index in [1.165, 1.54) is 23.5 Å². The predicted octanol–water partition coefficient (Wildman–Crippen LogP) is 4.92. The minimum absolute atomic E-state index is 0.176. The van der Waals surface area contributed by atoms with Crippen LogP contribution in [0.4, 0.5) is 5.69 Å². The van der Waals surface area contributed by atoms with E-state index in [1.54, 1.807) is 37.3 Å². The highest BCUT2D eigenvalue weighted by atomic mass is 32.1. The van der Waals surface area contributed by atoms with Gasteiger partial charge in [-0.05, 0) is 30.5 Å². The van der Waals surface area contributed by atoms with Crippen LogP contribution in [0.15, 0.2) is 60.0 Å². The normalized spacial score (nSPS) is 10.9. The van der Waals surface area contributed by atoms with E-state index in [4.69, 9.17) is 0 Å². The van der Waals surface area contributed by atoms with Crippen LogP contribution in [0.1, 0.15) is 20.9 Å². The Kier molecular flexibility index (Phi) is 4.81. The minimum Gasteiger partial charge on any atom is -0.289 e. The SMILES string of the molecule is Cc1nc(-c2ccccc2)c([N+](=O)[O-])cc1C(=O)C=Cc1cccs1. The maximum atomic E-state index is 12.4. The number of ketones is 1. The van der Waals surface area contributed by atoms with Crippen LogP contribution in [0, 0.1) is 17.0 Å². The van der Waals surface area contributed by atoms with Gasteiger partial charge in [0.15, 0.2) is 5.78 Å². The van der Waals surface area contributed by atoms with Crippen LogP contribution < -0.4 is 0 Å². The quantitative estimate of drug-likeness (QED) is 0.283. The first-order valence-corrected chi connectivity index (χ1v) is 8.41. The molecule has 2 heterocycles. The number of thiophene rings is 1. The Balaban J connectivity index is 2.03. The van der Waals surface area contributed by atoms with Crippen molar-refractivity contribution >= 4 is 28.9 Å². The molecule has 0 aliphatic heterocycles. The standard InChI is InChI=1S/C19H14N2O3S/c1-13-16(18(22)10-9-15-8-5-11-25-15)12-17(21(23)24)19(20-13)14-6-3-2-4-7-14/h2-12H,1H3. The van der Waals surface area contributed by atoms with Crippen LogP contribution in [0.2, 0.25) is 0 Å². The molecule has 0 radical (unpaired) electrons. The van der Waals surface area contributed by atoms with Crippen molar-refractivity contribution in [3.63, 3.8) is 0 Å². The maximum Gasteiger partial charge on any atom is 0.296 e. The summed E-state index contributed by atoms with van der Waals surface area (Å²) in [6.45, 7) is 1.68. The van der Waals surface area contributed by atoms with Crippen LogP contribution in [0.3, 0.4) is 0 Å². The third kappa shape index (κ3) is 3.70. The van der Waals surface area contributed by atoms with Crippen molar-refractivity contribution in [1.29, 1.82) is 0 Å². The summed E-state index contributed by atoms with van der Waals surface area (Å²) < 4.78 is 0. The molecule has 124 valence electrons. The van der Waals surface area contributed by atoms with E-state index in [0.29, 0.717) is 11.3 Å². The number of aromatic nitrogens is 1. The van der Waals surface area contributed by atoms with E-state index in [9.17, 15) is 14.9 Å². The first-order chi connectivity index (χ1) is 12.1. The fourth-order valence-electron chi connectivity index (χ4n) is 2.43. The third-order valence-corrected chi connectivity index (χ3v) is 4.48. The maximum absolute atomic E-state index is 12.4. The van der Waals surface area contributed by atoms with Gasteiger partial charge in [-0.3, -0.25) is 14.9 Å². The lowest BCUT2D eigenvalue weighted by Gasteiger charge is -2.07. The Morgan fingerprint density at radius 2 is 1.96 bits per heavy atom. The number of benzene rings is 1. The van der Waals surface area contributed by atoms with Crippen molar-refractivity contribution in [2.45, 2.75) is 6.92 Å². The fourth-order valence-corrected chi connectivity index (χ4v) is 3.04. The van der Waals surface area contributed by atoms with Crippen molar-refractivity contribution < 1.29 is 9.72 Å². The van der Waals surface area contributed by atoms with Gasteiger partial charge in [0, 0.05) is 22.2 Å². The molecule has 0 spiro atoms. The van der Waals surface area contributed by atoms with Crippen LogP contribution in [-0.2, 0) is 0 Å². The molecule has 0 N–H and O–H groups in total. The van der Waals surface area contributed by atoms with Gasteiger partial charge in [0.25, 0.3) is 5.69 Å². The number of nitro groups is 1. The zero-order chi connectivity index (χ0) is 17.8. The molecule has 0 amide bonds. The second kappa shape index (κ2) is 7.19. The Labute approximate surface area is 148 Å². The number of carbonyl (C=O) groups excluding carboxylic acids is 1. The summed E-state index contributed by atoms with van der Waals surface area (Å²) >= 11 is 1.51. The summed E-state index contributed by atoms with van der Waals surface area (Å²) in [5, 5.41) is 13.4. The molecule has 0 saturated carbocycles. The molecule has 1 aromatic carbocycles. The topological polar surface area (TPSA) is 73.1 Å². The van der Waals surface area contributed by atoms with E-state index in [1.807, 2.05) is 23.6 Å². The second-order valence-electron chi connectivity index (χ2n) is 5.33. The van der Waals surface area contributed by atoms with Crippen molar-refractivity contribution in [2.75, 3.05) is 0 Å². The van der Waals surface area contributed by atoms with Crippen LogP contribution in [-0.4, -0.2) is 15.7 Å². The van der Waals surface area contributed by atoms with Gasteiger partial charge in [-0.15, -0.1) is 11.3 Å². The van der Waals surface area contributed by atoms with Gasteiger partial charge >= 0.3 is 0 Å². The lowest BCUT2D eigenvalue weighted by Crippen LogP contribution is -2.05. The molecule has 3 aromatic rings. The molecule has 5 nitrogen and oxygen atoms in total. The first kappa shape index (κ1) is 16.7. The number of allylic oxidation sites excluding steroid dienone is 1. The zero-order valence-corrected chi connectivity index (χ0v) is 14.2. The summed E-state index contributed by atoms with van der Waals surface area (Å²) in [5.41, 5.74) is 1.43. The second-order valence-corrected chi connectivity index (χ2v) is 6.30. The lowest BCUT2D eigenvalue weighted by atomic mass is 10.0. The van der Waals surface area contributed by atoms with Crippen molar-refractivity contribution in [2.24, 2.45) is 0 Å². The van der Waals surface area contributed by atoms with Gasteiger partial charge in [-0.1, -0.05) is 36.4 Å². The van der Waals surface area contributed by atoms with Crippen molar-refractivity contribution in [1.82, 2.24) is 4.98 Å². The molecule has 2 aromatic heterocycles. The van der Waals surface area contributed by atoms with E-state index < -0.39 is 4.92 Å². The van der Waals surface area contributed by atoms with E-state index in [2.05, 4.69) is 4.98 Å². The zero-order valence-electron chi connectivity index (χ0n) is 13.4. The van der Waals surface area contributed by atoms with Gasteiger partial charge in [0.05, 0.1) is 10.5 Å². The molecular formula is C19H14N2O3S. The molecule has 25 heavy (non-hydrogen) atoms. The monoisotopic (exact) mass is 350 g/mol. The summed E-state index contributed by atoms with van der Waals surface area (Å²) in [6.07, 6.45) is 3.12. The molecule has 0 atom stereocenters. The molecule has 0 fully saturated rings. The largest absolute Gasteiger partial charge is 0.296 e. The average Bonchev–Trinajstić information content (AvgIpc) is 3.13. The van der Waals surface area contributed by atoms with Crippen molar-refractivity contribution in [3.8, 4) is 11.3 Å². The third-order valence-electron chi connectivity index (χ3n) is 3.64. The number of nitrogens with zero attached hydrogens (tertiary/aromatic N) is 2. The minimum atomic E-state index is -0.505. The number of aryl methyl sites for hydroxylation is 1. The van der Waals surface area contributed by atoms with Gasteiger partial charge in [0.1, 0.15) is 5.69 Å². The average molecular weight is 350 g/mol. The smallest absolute Gasteiger partial charge is 0.289 e. The number of carbonyl (C=O) groups is 1. The molecule has 0 saturated heterocycles. The summed E-state index contributed by atoms with van der Waals surface area (Å²) in [6, 6.07) is 14.0. The van der Waals surface area contributed by atoms with Gasteiger partial charge in [0.2, 0.25) is 0 Å². The van der Waals surface area contributed by atoms with Crippen LogP contribution in [0.25, 0.3) is 17.3 Å². The molecule has 0 bridgehead atoms. The van der Waals surface area contributed by atoms with Crippen LogP contribution >= 0.6 is 11.3 Å². The van der Waals surface area contributed by atoms with Gasteiger partial charge in [-0.25, -0.2) is 4.98 Å². The molecule has 3 rings (SSSR count). The van der Waals surface area contributed by atoms with Crippen LogP contribution in [0.5, 0.6) is 0 Å². The molecule has 0 unspecified atom stereocenters. The molecule has 0 aliphatic carbocycles. The van der Waals surface area contributed by atoms with Gasteiger partial charge in [-0.2, -0.15) is 0 Å². The Hall–Kier alpha value is -3.12. The summed E-state index contributed by atoms with van der Waals surface area (Å²) in [5.74, 6) is -0.305. The summed E-state index contributed by atoms with van der Waals surface area (Å²) in [7, 11) is 0. The number of hydrogen-bond donors (Lipinski definition) is 0. The fraction of sp³-hybridized carbons (Fsp3) is 0.0526. The van der Waals surface area contributed by atoms with Gasteiger partial charge < -0.3 is 0 Å². The first-order valence-electron chi connectivity index (χ1n) is 7.53. The van der Waals surface area contributed by atoms with E-state index in [0.717, 1.165) is 4.88 Å². The Morgan fingerprint density at radius 1 is 1.20 bits per heavy atom. The number of rotatable bonds is 5. The Morgan fingerprint density at radius 3 is 2.60 bits per heavy atom. The Bertz CT molecular complexity index is 948. The highest BCUT2D eigenvalue weighted by molar-refractivity contribution is 7.10. The molecule has 6 heteroatoms. The van der Waals surface area contributed by atoms with E-state index in [-0.39, 0.29) is 22.7 Å². The molecule has 0 aliphatic rings.